The van der Waals surface area contributed by atoms with Crippen LogP contribution in [0.25, 0.3) is 11.1 Å². The van der Waals surface area contributed by atoms with Gasteiger partial charge in [0.05, 0.1) is 0 Å². The summed E-state index contributed by atoms with van der Waals surface area (Å²) in [5.74, 6) is 1.40. The van der Waals surface area contributed by atoms with Crippen LogP contribution in [0.3, 0.4) is 0 Å². The van der Waals surface area contributed by atoms with E-state index < -0.39 is 0 Å². The number of benzene rings is 2. The maximum absolute atomic E-state index is 13.1. The second kappa shape index (κ2) is 8.89. The number of piperidine rings is 1. The summed E-state index contributed by atoms with van der Waals surface area (Å²) >= 11 is 0. The molecule has 3 fully saturated rings. The number of hydrogen-bond acceptors (Lipinski definition) is 3. The van der Waals surface area contributed by atoms with E-state index in [0.29, 0.717) is 37.6 Å². The highest BCUT2D eigenvalue weighted by molar-refractivity contribution is 5.98. The molecule has 4 heteroatoms. The number of carbonyl (C=O) groups excluding carboxylic acids is 3. The van der Waals surface area contributed by atoms with Gasteiger partial charge in [-0.05, 0) is 61.1 Å². The Kier molecular flexibility index (Phi) is 5.94. The minimum absolute atomic E-state index is 0.00674. The van der Waals surface area contributed by atoms with Crippen molar-refractivity contribution in [1.29, 1.82) is 0 Å². The van der Waals surface area contributed by atoms with Gasteiger partial charge in [0.25, 0.3) is 0 Å². The van der Waals surface area contributed by atoms with Gasteiger partial charge in [0.2, 0.25) is 5.91 Å². The third kappa shape index (κ3) is 5.10. The molecule has 5 rings (SSSR count). The Bertz CT molecular complexity index is 1050. The fourth-order valence-electron chi connectivity index (χ4n) is 5.00. The van der Waals surface area contributed by atoms with E-state index in [0.717, 1.165) is 47.9 Å². The van der Waals surface area contributed by atoms with Gasteiger partial charge in [0.1, 0.15) is 5.78 Å². The summed E-state index contributed by atoms with van der Waals surface area (Å²) < 4.78 is 0. The second-order valence-electron chi connectivity index (χ2n) is 10.6. The highest BCUT2D eigenvalue weighted by Gasteiger charge is 2.47. The van der Waals surface area contributed by atoms with Gasteiger partial charge in [0, 0.05) is 42.8 Å². The van der Waals surface area contributed by atoms with Crippen molar-refractivity contribution in [2.24, 2.45) is 17.3 Å². The monoisotopic (exact) mass is 443 g/mol. The van der Waals surface area contributed by atoms with Crippen LogP contribution < -0.4 is 0 Å². The van der Waals surface area contributed by atoms with E-state index >= 15 is 0 Å². The zero-order valence-corrected chi connectivity index (χ0v) is 19.5. The van der Waals surface area contributed by atoms with E-state index in [-0.39, 0.29) is 23.0 Å². The van der Waals surface area contributed by atoms with Crippen LogP contribution in [0.1, 0.15) is 67.8 Å². The first kappa shape index (κ1) is 22.1. The van der Waals surface area contributed by atoms with Gasteiger partial charge in [-0.3, -0.25) is 14.4 Å². The molecule has 0 N–H and O–H groups in total. The molecular formula is C29H33NO3. The van der Waals surface area contributed by atoms with Crippen molar-refractivity contribution in [3.05, 3.63) is 59.7 Å². The highest BCUT2D eigenvalue weighted by Crippen LogP contribution is 2.47. The van der Waals surface area contributed by atoms with Gasteiger partial charge in [-0.15, -0.1) is 0 Å². The fraction of sp³-hybridized carbons (Fsp3) is 0.483. The number of rotatable bonds is 8. The number of likely N-dealkylation sites (tertiary alicyclic amines) is 1. The lowest BCUT2D eigenvalue weighted by Crippen LogP contribution is -2.43. The lowest BCUT2D eigenvalue weighted by atomic mass is 9.87. The molecular weight excluding hydrogens is 410 g/mol. The third-order valence-electron chi connectivity index (χ3n) is 7.71. The van der Waals surface area contributed by atoms with E-state index in [1.54, 1.807) is 0 Å². The van der Waals surface area contributed by atoms with Crippen LogP contribution in [0.2, 0.25) is 0 Å². The molecule has 0 unspecified atom stereocenters. The predicted molar refractivity (Wildman–Crippen MR) is 129 cm³/mol. The number of nitrogens with zero attached hydrogens (tertiary/aromatic N) is 1. The van der Waals surface area contributed by atoms with Crippen molar-refractivity contribution < 1.29 is 14.4 Å². The van der Waals surface area contributed by atoms with E-state index in [1.807, 2.05) is 41.3 Å². The number of hydrogen-bond donors (Lipinski definition) is 0. The summed E-state index contributed by atoms with van der Waals surface area (Å²) in [5.41, 5.74) is 3.80. The Balaban J connectivity index is 1.19. The van der Waals surface area contributed by atoms with Crippen LogP contribution in [0.5, 0.6) is 0 Å². The molecule has 3 aliphatic rings. The predicted octanol–water partition coefficient (Wildman–Crippen LogP) is 5.49. The van der Waals surface area contributed by atoms with Crippen LogP contribution in [0.4, 0.5) is 0 Å². The van der Waals surface area contributed by atoms with Gasteiger partial charge in [-0.1, -0.05) is 55.5 Å². The summed E-state index contributed by atoms with van der Waals surface area (Å²) in [6.07, 6.45) is 7.11. The highest BCUT2D eigenvalue weighted by atomic mass is 16.2. The zero-order chi connectivity index (χ0) is 23.0. The summed E-state index contributed by atoms with van der Waals surface area (Å²) in [5, 5.41) is 0. The summed E-state index contributed by atoms with van der Waals surface area (Å²) in [7, 11) is 0. The molecule has 2 aromatic carbocycles. The lowest BCUT2D eigenvalue weighted by Gasteiger charge is -2.33. The van der Waals surface area contributed by atoms with Crippen molar-refractivity contribution in [3.63, 3.8) is 0 Å². The first-order chi connectivity index (χ1) is 15.9. The molecule has 0 radical (unpaired) electrons. The first-order valence-corrected chi connectivity index (χ1v) is 12.5. The SMILES string of the molecule is CC1(C(=O)N2CCC(C(=O)c3ccc(-c4cccc(CC(=O)CC5CC5)c4)cc3)CC2)CC1. The Labute approximate surface area is 196 Å². The van der Waals surface area contributed by atoms with Crippen LogP contribution >= 0.6 is 0 Å². The average molecular weight is 444 g/mol. The molecule has 4 nitrogen and oxygen atoms in total. The lowest BCUT2D eigenvalue weighted by molar-refractivity contribution is -0.137. The number of carbonyl (C=O) groups is 3. The van der Waals surface area contributed by atoms with Gasteiger partial charge in [0.15, 0.2) is 5.78 Å². The molecule has 0 atom stereocenters. The van der Waals surface area contributed by atoms with E-state index in [9.17, 15) is 14.4 Å². The van der Waals surface area contributed by atoms with Gasteiger partial charge < -0.3 is 4.90 Å². The topological polar surface area (TPSA) is 54.5 Å². The first-order valence-electron chi connectivity index (χ1n) is 12.5. The van der Waals surface area contributed by atoms with Crippen molar-refractivity contribution in [1.82, 2.24) is 4.90 Å². The molecule has 1 amide bonds. The molecule has 1 saturated heterocycles. The molecule has 33 heavy (non-hydrogen) atoms. The zero-order valence-electron chi connectivity index (χ0n) is 19.5. The molecule has 172 valence electrons. The van der Waals surface area contributed by atoms with Crippen LogP contribution in [-0.2, 0) is 16.0 Å². The van der Waals surface area contributed by atoms with Crippen molar-refractivity contribution in [2.75, 3.05) is 13.1 Å². The van der Waals surface area contributed by atoms with E-state index in [2.05, 4.69) is 19.1 Å². The Morgan fingerprint density at radius 2 is 1.61 bits per heavy atom. The number of amides is 1. The van der Waals surface area contributed by atoms with Crippen LogP contribution in [0.15, 0.2) is 48.5 Å². The van der Waals surface area contributed by atoms with Gasteiger partial charge in [-0.25, -0.2) is 0 Å². The Morgan fingerprint density at radius 3 is 2.24 bits per heavy atom. The molecule has 1 aliphatic heterocycles. The van der Waals surface area contributed by atoms with Crippen molar-refractivity contribution in [3.8, 4) is 11.1 Å². The molecule has 0 spiro atoms. The standard InChI is InChI=1S/C29H33NO3/c1-29(13-14-29)28(33)30-15-11-24(12-16-30)27(32)23-9-7-22(8-10-23)25-4-2-3-21(17-25)19-26(31)18-20-5-6-20/h2-4,7-10,17,20,24H,5-6,11-16,18-19H2,1H3. The molecule has 0 aromatic heterocycles. The Hall–Kier alpha value is -2.75. The number of Topliss-reactive ketones (excluding diaryl/α,β-unsaturated/α-hetero) is 2. The van der Waals surface area contributed by atoms with Gasteiger partial charge >= 0.3 is 0 Å². The van der Waals surface area contributed by atoms with Crippen LogP contribution in [-0.4, -0.2) is 35.5 Å². The average Bonchev–Trinajstić information content (AvgIpc) is 3.77. The minimum atomic E-state index is -0.130. The smallest absolute Gasteiger partial charge is 0.228 e. The maximum atomic E-state index is 13.1. The maximum Gasteiger partial charge on any atom is 0.228 e. The van der Waals surface area contributed by atoms with Gasteiger partial charge in [-0.2, -0.15) is 0 Å². The van der Waals surface area contributed by atoms with Crippen LogP contribution in [0, 0.1) is 17.3 Å². The number of ketones is 2. The quantitative estimate of drug-likeness (QED) is 0.507. The van der Waals surface area contributed by atoms with Crippen molar-refractivity contribution >= 4 is 17.5 Å². The van der Waals surface area contributed by atoms with E-state index in [4.69, 9.17) is 0 Å². The minimum Gasteiger partial charge on any atom is -0.342 e. The third-order valence-corrected chi connectivity index (χ3v) is 7.71. The molecule has 2 aliphatic carbocycles. The van der Waals surface area contributed by atoms with Crippen molar-refractivity contribution in [2.45, 2.75) is 58.3 Å². The summed E-state index contributed by atoms with van der Waals surface area (Å²) in [4.78, 5) is 39.8. The molecule has 0 bridgehead atoms. The molecule has 2 saturated carbocycles. The Morgan fingerprint density at radius 1 is 0.909 bits per heavy atom. The molecule has 1 heterocycles. The summed E-state index contributed by atoms with van der Waals surface area (Å²) in [6.45, 7) is 3.43. The summed E-state index contributed by atoms with van der Waals surface area (Å²) in [6, 6.07) is 16.0. The fourth-order valence-corrected chi connectivity index (χ4v) is 5.00. The normalized spacial score (nSPS) is 19.8. The second-order valence-corrected chi connectivity index (χ2v) is 10.6. The molecule has 2 aromatic rings. The largest absolute Gasteiger partial charge is 0.342 e. The van der Waals surface area contributed by atoms with E-state index in [1.165, 1.54) is 12.8 Å².